The van der Waals surface area contributed by atoms with Gasteiger partial charge in [0.1, 0.15) is 6.54 Å². The van der Waals surface area contributed by atoms with E-state index in [2.05, 4.69) is 4.90 Å². The van der Waals surface area contributed by atoms with Gasteiger partial charge in [-0.15, -0.1) is 0 Å². The van der Waals surface area contributed by atoms with Gasteiger partial charge in [-0.1, -0.05) is 18.2 Å². The van der Waals surface area contributed by atoms with E-state index in [1.165, 1.54) is 12.8 Å². The lowest BCUT2D eigenvalue weighted by atomic mass is 9.91. The average molecular weight is 327 g/mol. The number of para-hydroxylation sites is 1. The van der Waals surface area contributed by atoms with Gasteiger partial charge in [0.25, 0.3) is 0 Å². The molecule has 3 fully saturated rings. The highest BCUT2D eigenvalue weighted by Gasteiger charge is 2.50. The van der Waals surface area contributed by atoms with Crippen LogP contribution < -0.4 is 4.90 Å². The summed E-state index contributed by atoms with van der Waals surface area (Å²) in [6, 6.07) is 9.84. The molecule has 0 radical (unpaired) electrons. The lowest BCUT2D eigenvalue weighted by Crippen LogP contribution is -2.66. The van der Waals surface area contributed by atoms with Gasteiger partial charge in [-0.05, 0) is 37.3 Å². The minimum atomic E-state index is -0.232. The number of carbonyl (C=O) groups is 2. The van der Waals surface area contributed by atoms with Crippen LogP contribution in [0.3, 0.4) is 0 Å². The summed E-state index contributed by atoms with van der Waals surface area (Å²) in [6.07, 6.45) is 3.64. The summed E-state index contributed by atoms with van der Waals surface area (Å²) in [5, 5.41) is 0. The largest absolute Gasteiger partial charge is 0.325 e. The quantitative estimate of drug-likeness (QED) is 0.849. The third-order valence-corrected chi connectivity index (χ3v) is 5.69. The van der Waals surface area contributed by atoms with Crippen molar-refractivity contribution in [1.29, 1.82) is 0 Å². The number of hydrogen-bond acceptors (Lipinski definition) is 3. The number of piperazine rings is 1. The molecule has 0 unspecified atom stereocenters. The van der Waals surface area contributed by atoms with E-state index in [-0.39, 0.29) is 23.9 Å². The maximum atomic E-state index is 12.6. The molecule has 3 aliphatic rings. The third kappa shape index (κ3) is 2.81. The molecule has 5 nitrogen and oxygen atoms in total. The van der Waals surface area contributed by atoms with Crippen LogP contribution in [-0.4, -0.2) is 59.9 Å². The molecule has 1 aliphatic carbocycles. The highest BCUT2D eigenvalue weighted by molar-refractivity contribution is 5.98. The Morgan fingerprint density at radius 3 is 2.62 bits per heavy atom. The Morgan fingerprint density at radius 1 is 1.21 bits per heavy atom. The summed E-state index contributed by atoms with van der Waals surface area (Å²) in [6.45, 7) is 5.46. The monoisotopic (exact) mass is 327 g/mol. The Hall–Kier alpha value is -1.88. The van der Waals surface area contributed by atoms with Crippen LogP contribution in [0.25, 0.3) is 0 Å². The number of amides is 2. The molecule has 128 valence electrons. The first-order valence-electron chi connectivity index (χ1n) is 8.93. The van der Waals surface area contributed by atoms with Crippen LogP contribution in [0.15, 0.2) is 30.3 Å². The van der Waals surface area contributed by atoms with Crippen LogP contribution in [0, 0.1) is 5.92 Å². The van der Waals surface area contributed by atoms with Gasteiger partial charge in [0.15, 0.2) is 0 Å². The predicted molar refractivity (Wildman–Crippen MR) is 92.7 cm³/mol. The Bertz CT molecular complexity index is 643. The maximum Gasteiger partial charge on any atom is 0.246 e. The van der Waals surface area contributed by atoms with Gasteiger partial charge < -0.3 is 14.7 Å². The first-order chi connectivity index (χ1) is 11.6. The molecule has 4 rings (SSSR count). The molecule has 1 aromatic carbocycles. The van der Waals surface area contributed by atoms with E-state index in [0.717, 1.165) is 37.7 Å². The van der Waals surface area contributed by atoms with Gasteiger partial charge in [0.2, 0.25) is 11.8 Å². The zero-order valence-corrected chi connectivity index (χ0v) is 14.3. The molecule has 0 bridgehead atoms. The molecule has 2 heterocycles. The van der Waals surface area contributed by atoms with Crippen molar-refractivity contribution < 1.29 is 9.59 Å². The molecule has 0 aromatic heterocycles. The molecule has 1 atom stereocenters. The van der Waals surface area contributed by atoms with Gasteiger partial charge in [0.05, 0.1) is 12.1 Å². The normalized spacial score (nSPS) is 28.0. The van der Waals surface area contributed by atoms with Crippen molar-refractivity contribution in [2.24, 2.45) is 5.92 Å². The highest BCUT2D eigenvalue weighted by atomic mass is 16.2. The molecule has 2 saturated heterocycles. The van der Waals surface area contributed by atoms with E-state index in [1.807, 2.05) is 40.1 Å². The molecule has 0 N–H and O–H groups in total. The average Bonchev–Trinajstić information content (AvgIpc) is 3.30. The summed E-state index contributed by atoms with van der Waals surface area (Å²) in [7, 11) is 0. The molecule has 2 aliphatic heterocycles. The minimum Gasteiger partial charge on any atom is -0.325 e. The number of hydrogen-bond donors (Lipinski definition) is 0. The number of carbonyl (C=O) groups excluding carboxylic acids is 2. The van der Waals surface area contributed by atoms with Crippen LogP contribution in [0.2, 0.25) is 0 Å². The summed E-state index contributed by atoms with van der Waals surface area (Å²) >= 11 is 0. The van der Waals surface area contributed by atoms with Crippen molar-refractivity contribution in [1.82, 2.24) is 9.80 Å². The van der Waals surface area contributed by atoms with E-state index >= 15 is 0 Å². The Kier molecular flexibility index (Phi) is 3.83. The van der Waals surface area contributed by atoms with Crippen LogP contribution in [0.5, 0.6) is 0 Å². The smallest absolute Gasteiger partial charge is 0.246 e. The molecule has 1 spiro atoms. The molecule has 2 amide bonds. The second kappa shape index (κ2) is 5.88. The SMILES string of the molecule is CC(=O)N1CC(=O)N(c2ccccc2)C[C@@]12CCN(CC1CC1)C2. The molecule has 1 aromatic rings. The lowest BCUT2D eigenvalue weighted by Gasteiger charge is -2.48. The molecular weight excluding hydrogens is 302 g/mol. The molecule has 24 heavy (non-hydrogen) atoms. The van der Waals surface area contributed by atoms with Crippen LogP contribution in [0.4, 0.5) is 5.69 Å². The predicted octanol–water partition coefficient (Wildman–Crippen LogP) is 1.74. The first kappa shape index (κ1) is 15.6. The number of benzene rings is 1. The maximum absolute atomic E-state index is 12.6. The van der Waals surface area contributed by atoms with Crippen LogP contribution in [-0.2, 0) is 9.59 Å². The standard InChI is InChI=1S/C19H25N3O2/c1-15(23)22-12-18(24)21(17-5-3-2-4-6-17)14-19(22)9-10-20(13-19)11-16-7-8-16/h2-6,16H,7-14H2,1H3/t19-/m0/s1. The van der Waals surface area contributed by atoms with Crippen molar-refractivity contribution in [3.05, 3.63) is 30.3 Å². The topological polar surface area (TPSA) is 43.9 Å². The summed E-state index contributed by atoms with van der Waals surface area (Å²) in [4.78, 5) is 31.1. The summed E-state index contributed by atoms with van der Waals surface area (Å²) < 4.78 is 0. The van der Waals surface area contributed by atoms with Crippen LogP contribution >= 0.6 is 0 Å². The fourth-order valence-corrected chi connectivity index (χ4v) is 4.26. The second-order valence-electron chi connectivity index (χ2n) is 7.57. The van der Waals surface area contributed by atoms with Crippen molar-refractivity contribution >= 4 is 17.5 Å². The van der Waals surface area contributed by atoms with E-state index in [9.17, 15) is 9.59 Å². The Morgan fingerprint density at radius 2 is 1.96 bits per heavy atom. The fraction of sp³-hybridized carbons (Fsp3) is 0.579. The van der Waals surface area contributed by atoms with E-state index in [4.69, 9.17) is 0 Å². The zero-order valence-electron chi connectivity index (χ0n) is 14.3. The van der Waals surface area contributed by atoms with Crippen molar-refractivity contribution in [3.63, 3.8) is 0 Å². The van der Waals surface area contributed by atoms with Crippen molar-refractivity contribution in [2.45, 2.75) is 31.7 Å². The van der Waals surface area contributed by atoms with E-state index < -0.39 is 0 Å². The van der Waals surface area contributed by atoms with Crippen molar-refractivity contribution in [3.8, 4) is 0 Å². The van der Waals surface area contributed by atoms with Gasteiger partial charge >= 0.3 is 0 Å². The lowest BCUT2D eigenvalue weighted by molar-refractivity contribution is -0.142. The molecule has 5 heteroatoms. The van der Waals surface area contributed by atoms with Gasteiger partial charge in [-0.25, -0.2) is 0 Å². The third-order valence-electron chi connectivity index (χ3n) is 5.69. The minimum absolute atomic E-state index is 0.0164. The summed E-state index contributed by atoms with van der Waals surface area (Å²) in [5.41, 5.74) is 0.704. The van der Waals surface area contributed by atoms with E-state index in [0.29, 0.717) is 6.54 Å². The summed E-state index contributed by atoms with van der Waals surface area (Å²) in [5.74, 6) is 0.883. The number of likely N-dealkylation sites (tertiary alicyclic amines) is 1. The Labute approximate surface area is 143 Å². The van der Waals surface area contributed by atoms with Gasteiger partial charge in [-0.2, -0.15) is 0 Å². The molecule has 1 saturated carbocycles. The number of anilines is 1. The van der Waals surface area contributed by atoms with Crippen LogP contribution in [0.1, 0.15) is 26.2 Å². The second-order valence-corrected chi connectivity index (χ2v) is 7.57. The first-order valence-corrected chi connectivity index (χ1v) is 8.93. The van der Waals surface area contributed by atoms with Crippen molar-refractivity contribution in [2.75, 3.05) is 37.6 Å². The Balaban J connectivity index is 1.59. The van der Waals surface area contributed by atoms with Gasteiger partial charge in [0, 0.05) is 32.2 Å². The van der Waals surface area contributed by atoms with Gasteiger partial charge in [-0.3, -0.25) is 9.59 Å². The van der Waals surface area contributed by atoms with E-state index in [1.54, 1.807) is 6.92 Å². The molecular formula is C19H25N3O2. The fourth-order valence-electron chi connectivity index (χ4n) is 4.26. The highest BCUT2D eigenvalue weighted by Crippen LogP contribution is 2.37. The number of nitrogens with zero attached hydrogens (tertiary/aromatic N) is 3. The number of rotatable bonds is 3. The zero-order chi connectivity index (χ0) is 16.7.